The number of carbonyl (C=O) groups is 1. The predicted molar refractivity (Wildman–Crippen MR) is 115 cm³/mol. The van der Waals surface area contributed by atoms with E-state index in [0.717, 1.165) is 18.8 Å². The van der Waals surface area contributed by atoms with Crippen LogP contribution in [0, 0.1) is 11.2 Å². The summed E-state index contributed by atoms with van der Waals surface area (Å²) in [6.07, 6.45) is 2.32. The Morgan fingerprint density at radius 3 is 2.72 bits per heavy atom. The van der Waals surface area contributed by atoms with Gasteiger partial charge in [-0.15, -0.1) is 0 Å². The van der Waals surface area contributed by atoms with Crippen molar-refractivity contribution in [2.45, 2.75) is 12.7 Å². The number of likely N-dealkylation sites (N-methyl/N-ethyl adjacent to an activating group) is 1. The van der Waals surface area contributed by atoms with Crippen LogP contribution >= 0.6 is 0 Å². The molecule has 2 aliphatic heterocycles. The Morgan fingerprint density at radius 2 is 2.06 bits per heavy atom. The maximum absolute atomic E-state index is 14.9. The molecule has 2 saturated heterocycles. The van der Waals surface area contributed by atoms with E-state index in [1.165, 1.54) is 6.07 Å². The summed E-state index contributed by atoms with van der Waals surface area (Å²) in [4.78, 5) is 29.7. The first-order valence-electron chi connectivity index (χ1n) is 9.91. The van der Waals surface area contributed by atoms with Crippen molar-refractivity contribution in [2.24, 2.45) is 10.9 Å². The monoisotopic (exact) mass is 442 g/mol. The molecule has 1 amide bonds. The minimum Gasteiger partial charge on any atom is -0.444 e. The third-order valence-electron chi connectivity index (χ3n) is 5.01. The Morgan fingerprint density at radius 1 is 1.34 bits per heavy atom. The Hall–Kier alpha value is -3.80. The normalized spacial score (nSPS) is 16.1. The summed E-state index contributed by atoms with van der Waals surface area (Å²) in [5.41, 5.74) is 6.94. The van der Waals surface area contributed by atoms with Gasteiger partial charge in [-0.25, -0.2) is 19.2 Å². The lowest BCUT2D eigenvalue weighted by atomic mass is 10.1. The molecule has 0 saturated carbocycles. The summed E-state index contributed by atoms with van der Waals surface area (Å²) in [6.45, 7) is 2.64. The molecule has 3 heterocycles. The van der Waals surface area contributed by atoms with Crippen LogP contribution in [-0.4, -0.2) is 72.0 Å². The maximum Gasteiger partial charge on any atom is 0.414 e. The number of alkyl carbamates (subject to hydrolysis) is 1. The number of rotatable bonds is 6. The smallest absolute Gasteiger partial charge is 0.414 e. The summed E-state index contributed by atoms with van der Waals surface area (Å²) >= 11 is 0. The van der Waals surface area contributed by atoms with Crippen molar-refractivity contribution in [3.05, 3.63) is 42.0 Å². The quantitative estimate of drug-likeness (QED) is 0.340. The van der Waals surface area contributed by atoms with E-state index in [1.807, 2.05) is 17.3 Å². The molecule has 4 rings (SSSR count). The molecule has 11 nitrogen and oxygen atoms in total. The Kier molecular flexibility index (Phi) is 6.12. The Balaban J connectivity index is 1.34. The van der Waals surface area contributed by atoms with E-state index in [4.69, 9.17) is 20.7 Å². The van der Waals surface area contributed by atoms with Crippen LogP contribution in [0.15, 0.2) is 35.7 Å². The Bertz CT molecular complexity index is 1030. The minimum atomic E-state index is -0.933. The molecule has 2 aromatic rings. The molecule has 4 N–H and O–H groups in total. The van der Waals surface area contributed by atoms with E-state index in [2.05, 4.69) is 20.0 Å². The van der Waals surface area contributed by atoms with Gasteiger partial charge in [0.25, 0.3) is 0 Å². The largest absolute Gasteiger partial charge is 0.444 e. The standard InChI is InChI=1S/C20H23FN8O3/c1-28-9-15(10-28)32-27-14-7-29(8-14)19-24-5-13(6-25-19)16-4-2-3-12(17(16)21)11-31-20(30)26-18(22)23/h2-6,15H,7-11H2,1H3,(H4,22,23,26,30). The molecule has 0 unspecified atom stereocenters. The number of nitrogens with one attached hydrogen (secondary N) is 2. The zero-order chi connectivity index (χ0) is 22.7. The lowest BCUT2D eigenvalue weighted by Crippen LogP contribution is -2.51. The highest BCUT2D eigenvalue weighted by atomic mass is 19.1. The number of nitrogens with two attached hydrogens (primary N) is 1. The second-order valence-corrected chi connectivity index (χ2v) is 7.63. The number of carbonyl (C=O) groups excluding carboxylic acids is 1. The number of likely N-dealkylation sites (tertiary alicyclic amines) is 1. The number of oxime groups is 1. The van der Waals surface area contributed by atoms with Gasteiger partial charge < -0.3 is 20.2 Å². The van der Waals surface area contributed by atoms with Gasteiger partial charge in [0, 0.05) is 42.2 Å². The topological polar surface area (TPSA) is 142 Å². The average Bonchev–Trinajstić information content (AvgIpc) is 2.70. The first-order valence-corrected chi connectivity index (χ1v) is 9.91. The first kappa shape index (κ1) is 21.4. The third-order valence-corrected chi connectivity index (χ3v) is 5.01. The van der Waals surface area contributed by atoms with Crippen LogP contribution in [0.1, 0.15) is 5.56 Å². The number of anilines is 1. The second-order valence-electron chi connectivity index (χ2n) is 7.63. The molecule has 1 aromatic heterocycles. The molecule has 0 bridgehead atoms. The summed E-state index contributed by atoms with van der Waals surface area (Å²) in [6, 6.07) is 4.74. The van der Waals surface area contributed by atoms with Crippen LogP contribution in [0.2, 0.25) is 0 Å². The van der Waals surface area contributed by atoms with Crippen LogP contribution in [0.3, 0.4) is 0 Å². The van der Waals surface area contributed by atoms with E-state index in [-0.39, 0.29) is 23.8 Å². The lowest BCUT2D eigenvalue weighted by Gasteiger charge is -2.36. The zero-order valence-electron chi connectivity index (χ0n) is 17.4. The molecule has 0 aliphatic carbocycles. The molecule has 0 spiro atoms. The van der Waals surface area contributed by atoms with Crippen molar-refractivity contribution in [2.75, 3.05) is 38.1 Å². The number of hydrogen-bond acceptors (Lipinski definition) is 9. The molecule has 32 heavy (non-hydrogen) atoms. The van der Waals surface area contributed by atoms with Gasteiger partial charge in [-0.1, -0.05) is 23.4 Å². The van der Waals surface area contributed by atoms with Crippen molar-refractivity contribution in [1.29, 1.82) is 5.41 Å². The van der Waals surface area contributed by atoms with Crippen molar-refractivity contribution < 1.29 is 18.8 Å². The highest BCUT2D eigenvalue weighted by Gasteiger charge is 2.28. The van der Waals surface area contributed by atoms with E-state index in [1.54, 1.807) is 24.5 Å². The summed E-state index contributed by atoms with van der Waals surface area (Å²) in [7, 11) is 2.03. The van der Waals surface area contributed by atoms with E-state index < -0.39 is 17.9 Å². The van der Waals surface area contributed by atoms with E-state index in [9.17, 15) is 9.18 Å². The summed E-state index contributed by atoms with van der Waals surface area (Å²) < 4.78 is 19.8. The Labute approximate surface area is 183 Å². The van der Waals surface area contributed by atoms with E-state index in [0.29, 0.717) is 24.6 Å². The molecule has 2 fully saturated rings. The van der Waals surface area contributed by atoms with Gasteiger partial charge in [0.1, 0.15) is 12.4 Å². The number of halogens is 1. The average molecular weight is 442 g/mol. The first-order chi connectivity index (χ1) is 15.4. The number of hydrogen-bond donors (Lipinski definition) is 3. The number of guanidine groups is 1. The molecule has 2 aliphatic rings. The van der Waals surface area contributed by atoms with Gasteiger partial charge >= 0.3 is 6.09 Å². The second kappa shape index (κ2) is 9.14. The molecule has 12 heteroatoms. The summed E-state index contributed by atoms with van der Waals surface area (Å²) in [5.74, 6) is -0.575. The van der Waals surface area contributed by atoms with Crippen molar-refractivity contribution >= 4 is 23.7 Å². The highest BCUT2D eigenvalue weighted by Crippen LogP contribution is 2.26. The molecule has 168 valence electrons. The van der Waals surface area contributed by atoms with Gasteiger partial charge in [-0.05, 0) is 7.05 Å². The number of nitrogens with zero attached hydrogens (tertiary/aromatic N) is 5. The number of ether oxygens (including phenoxy) is 1. The van der Waals surface area contributed by atoms with Crippen LogP contribution in [-0.2, 0) is 16.2 Å². The minimum absolute atomic E-state index is 0.164. The number of amides is 1. The van der Waals surface area contributed by atoms with Crippen molar-refractivity contribution in [1.82, 2.24) is 20.2 Å². The van der Waals surface area contributed by atoms with Gasteiger partial charge in [0.05, 0.1) is 18.8 Å². The zero-order valence-corrected chi connectivity index (χ0v) is 17.4. The molecular weight excluding hydrogens is 419 g/mol. The van der Waals surface area contributed by atoms with Crippen molar-refractivity contribution in [3.8, 4) is 11.1 Å². The van der Waals surface area contributed by atoms with Gasteiger partial charge in [-0.2, -0.15) is 0 Å². The highest BCUT2D eigenvalue weighted by molar-refractivity contribution is 5.98. The maximum atomic E-state index is 14.9. The van der Waals surface area contributed by atoms with Gasteiger partial charge in [0.2, 0.25) is 5.95 Å². The van der Waals surface area contributed by atoms with Crippen LogP contribution in [0.4, 0.5) is 15.1 Å². The molecular formula is C20H23FN8O3. The van der Waals surface area contributed by atoms with Gasteiger partial charge in [0.15, 0.2) is 12.1 Å². The van der Waals surface area contributed by atoms with Gasteiger partial charge in [-0.3, -0.25) is 15.6 Å². The fourth-order valence-corrected chi connectivity index (χ4v) is 3.28. The fourth-order valence-electron chi connectivity index (χ4n) is 3.28. The van der Waals surface area contributed by atoms with Crippen molar-refractivity contribution in [3.63, 3.8) is 0 Å². The summed E-state index contributed by atoms with van der Waals surface area (Å²) in [5, 5.41) is 13.1. The third kappa shape index (κ3) is 4.91. The predicted octanol–water partition coefficient (Wildman–Crippen LogP) is 0.909. The molecule has 1 aromatic carbocycles. The van der Waals surface area contributed by atoms with Crippen LogP contribution < -0.4 is 16.0 Å². The lowest BCUT2D eigenvalue weighted by molar-refractivity contribution is -0.0416. The number of benzene rings is 1. The molecule has 0 radical (unpaired) electrons. The SMILES string of the molecule is CN1CC(ON=C2CN(c3ncc(-c4cccc(COC(=O)NC(=N)N)c4F)cn3)C2)C1. The van der Waals surface area contributed by atoms with Crippen LogP contribution in [0.25, 0.3) is 11.1 Å². The number of aromatic nitrogens is 2. The molecule has 0 atom stereocenters. The van der Waals surface area contributed by atoms with E-state index >= 15 is 0 Å². The fraction of sp³-hybridized carbons (Fsp3) is 0.350. The van der Waals surface area contributed by atoms with Crippen LogP contribution in [0.5, 0.6) is 0 Å².